The summed E-state index contributed by atoms with van der Waals surface area (Å²) in [7, 11) is -3.06. The number of H-pyrrole nitrogens is 1. The molecule has 0 saturated heterocycles. The van der Waals surface area contributed by atoms with Crippen molar-refractivity contribution in [2.45, 2.75) is 29.3 Å². The van der Waals surface area contributed by atoms with E-state index in [9.17, 15) is 18.0 Å². The lowest BCUT2D eigenvalue weighted by Gasteiger charge is -2.29. The van der Waals surface area contributed by atoms with Crippen molar-refractivity contribution in [3.8, 4) is 11.1 Å². The van der Waals surface area contributed by atoms with Crippen LogP contribution in [-0.4, -0.2) is 41.5 Å². The zero-order valence-electron chi connectivity index (χ0n) is 19.6. The lowest BCUT2D eigenvalue weighted by molar-refractivity contribution is -0.147. The van der Waals surface area contributed by atoms with Gasteiger partial charge < -0.3 is 4.74 Å². The molecule has 1 fully saturated rings. The minimum absolute atomic E-state index is 0.0296. The fourth-order valence-electron chi connectivity index (χ4n) is 4.60. The molecule has 2 atom stereocenters. The molecule has 0 aliphatic heterocycles. The van der Waals surface area contributed by atoms with E-state index < -0.39 is 39.8 Å². The summed E-state index contributed by atoms with van der Waals surface area (Å²) >= 11 is 5.97. The minimum atomic E-state index is -4.28. The molecule has 0 radical (unpaired) electrons. The summed E-state index contributed by atoms with van der Waals surface area (Å²) in [5.41, 5.74) is 0.918. The quantitative estimate of drug-likeness (QED) is 0.336. The monoisotopic (exact) mass is 539 g/mol. The standard InChI is InChI=1S/C26H22ClN3O6S/c1-35-24(31)26(15-22(26)19-5-3-2-4-6-19)30(16-23-28-25(32)36-29-23)37(33,34)21-13-9-18(10-14-21)17-7-11-20(27)12-8-17/h2-14,22H,15-16H2,1H3,(H,28,29,32). The molecule has 1 heterocycles. The van der Waals surface area contributed by atoms with Crippen molar-refractivity contribution in [2.24, 2.45) is 0 Å². The van der Waals surface area contributed by atoms with Crippen LogP contribution in [0.3, 0.4) is 0 Å². The molecule has 1 N–H and O–H groups in total. The molecule has 190 valence electrons. The van der Waals surface area contributed by atoms with Crippen molar-refractivity contribution in [2.75, 3.05) is 7.11 Å². The molecule has 5 rings (SSSR count). The zero-order valence-corrected chi connectivity index (χ0v) is 21.2. The molecule has 1 saturated carbocycles. The molecular formula is C26H22ClN3O6S. The van der Waals surface area contributed by atoms with Gasteiger partial charge in [0.25, 0.3) is 0 Å². The van der Waals surface area contributed by atoms with Gasteiger partial charge in [0, 0.05) is 10.9 Å². The molecule has 0 amide bonds. The van der Waals surface area contributed by atoms with Gasteiger partial charge in [-0.05, 0) is 47.4 Å². The first kappa shape index (κ1) is 24.9. The van der Waals surface area contributed by atoms with Gasteiger partial charge in [0.1, 0.15) is 5.54 Å². The van der Waals surface area contributed by atoms with Crippen LogP contribution in [0.1, 0.15) is 23.7 Å². The zero-order chi connectivity index (χ0) is 26.2. The Morgan fingerprint density at radius 2 is 1.70 bits per heavy atom. The van der Waals surface area contributed by atoms with E-state index in [0.29, 0.717) is 5.02 Å². The number of aromatic amines is 1. The lowest BCUT2D eigenvalue weighted by Crippen LogP contribution is -2.48. The van der Waals surface area contributed by atoms with Gasteiger partial charge in [-0.1, -0.05) is 71.4 Å². The van der Waals surface area contributed by atoms with Crippen LogP contribution in [0.2, 0.25) is 5.02 Å². The van der Waals surface area contributed by atoms with Crippen molar-refractivity contribution in [1.29, 1.82) is 0 Å². The molecule has 37 heavy (non-hydrogen) atoms. The predicted octanol–water partition coefficient (Wildman–Crippen LogP) is 3.97. The Labute approximate surface area is 217 Å². The van der Waals surface area contributed by atoms with Crippen molar-refractivity contribution in [3.63, 3.8) is 0 Å². The number of hydrogen-bond acceptors (Lipinski definition) is 7. The third-order valence-corrected chi connectivity index (χ3v) is 8.67. The smallest absolute Gasteiger partial charge is 0.438 e. The summed E-state index contributed by atoms with van der Waals surface area (Å²) in [5.74, 6) is -2.02. The number of rotatable bonds is 8. The Hall–Kier alpha value is -3.73. The average Bonchev–Trinajstić information content (AvgIpc) is 3.53. The van der Waals surface area contributed by atoms with Gasteiger partial charge in [-0.25, -0.2) is 18.0 Å². The Balaban J connectivity index is 1.58. The van der Waals surface area contributed by atoms with Crippen LogP contribution >= 0.6 is 11.6 Å². The van der Waals surface area contributed by atoms with Gasteiger partial charge in [-0.15, -0.1) is 0 Å². The van der Waals surface area contributed by atoms with Gasteiger partial charge >= 0.3 is 11.7 Å². The topological polar surface area (TPSA) is 123 Å². The number of sulfonamides is 1. The number of ether oxygens (including phenoxy) is 1. The number of hydrogen-bond donors (Lipinski definition) is 1. The fraction of sp³-hybridized carbons (Fsp3) is 0.192. The van der Waals surface area contributed by atoms with E-state index in [1.54, 1.807) is 24.3 Å². The Bertz CT molecular complexity index is 1580. The van der Waals surface area contributed by atoms with E-state index in [1.807, 2.05) is 42.5 Å². The average molecular weight is 540 g/mol. The predicted molar refractivity (Wildman–Crippen MR) is 135 cm³/mol. The molecule has 1 aliphatic rings. The number of benzene rings is 3. The maximum absolute atomic E-state index is 14.1. The number of carbonyl (C=O) groups excluding carboxylic acids is 1. The van der Waals surface area contributed by atoms with Crippen molar-refractivity contribution in [1.82, 2.24) is 14.4 Å². The largest absolute Gasteiger partial charge is 0.468 e. The van der Waals surface area contributed by atoms with Crippen LogP contribution in [-0.2, 0) is 26.1 Å². The summed E-state index contributed by atoms with van der Waals surface area (Å²) in [4.78, 5) is 27.1. The number of halogens is 1. The molecule has 0 spiro atoms. The van der Waals surface area contributed by atoms with Crippen LogP contribution in [0.25, 0.3) is 11.1 Å². The maximum atomic E-state index is 14.1. The van der Waals surface area contributed by atoms with Gasteiger partial charge in [-0.2, -0.15) is 4.31 Å². The second-order valence-corrected chi connectivity index (χ2v) is 11.0. The second-order valence-electron chi connectivity index (χ2n) is 8.67. The first-order chi connectivity index (χ1) is 17.8. The molecule has 11 heteroatoms. The normalized spacial score (nSPS) is 19.1. The Morgan fingerprint density at radius 1 is 1.08 bits per heavy atom. The summed E-state index contributed by atoms with van der Waals surface area (Å²) in [5, 5.41) is 4.23. The van der Waals surface area contributed by atoms with E-state index in [2.05, 4.69) is 14.7 Å². The highest BCUT2D eigenvalue weighted by Gasteiger charge is 2.68. The number of methoxy groups -OCH3 is 1. The first-order valence-corrected chi connectivity index (χ1v) is 13.1. The SMILES string of the molecule is COC(=O)C1(N(Cc2noc(=O)[nH]2)S(=O)(=O)c2ccc(-c3ccc(Cl)cc3)cc2)CC1c1ccccc1. The molecule has 1 aromatic heterocycles. The molecule has 2 unspecified atom stereocenters. The van der Waals surface area contributed by atoms with Gasteiger partial charge in [0.05, 0.1) is 18.6 Å². The first-order valence-electron chi connectivity index (χ1n) is 11.3. The summed E-state index contributed by atoms with van der Waals surface area (Å²) in [6.45, 7) is -0.397. The number of carbonyl (C=O) groups is 1. The van der Waals surface area contributed by atoms with Crippen LogP contribution < -0.4 is 5.76 Å². The summed E-state index contributed by atoms with van der Waals surface area (Å²) < 4.78 is 38.9. The molecule has 9 nitrogen and oxygen atoms in total. The van der Waals surface area contributed by atoms with Crippen LogP contribution in [0.4, 0.5) is 0 Å². The van der Waals surface area contributed by atoms with E-state index in [1.165, 1.54) is 19.2 Å². The second kappa shape index (κ2) is 9.62. The number of aromatic nitrogens is 2. The fourth-order valence-corrected chi connectivity index (χ4v) is 6.46. The van der Waals surface area contributed by atoms with Crippen molar-refractivity contribution in [3.05, 3.63) is 106 Å². The third kappa shape index (κ3) is 4.59. The van der Waals surface area contributed by atoms with Crippen LogP contribution in [0, 0.1) is 0 Å². The third-order valence-electron chi connectivity index (χ3n) is 6.52. The lowest BCUT2D eigenvalue weighted by atomic mass is 10.1. The highest BCUT2D eigenvalue weighted by Crippen LogP contribution is 2.58. The van der Waals surface area contributed by atoms with Crippen LogP contribution in [0.15, 0.2) is 93.1 Å². The Kier molecular flexibility index (Phi) is 6.49. The Morgan fingerprint density at radius 3 is 2.27 bits per heavy atom. The minimum Gasteiger partial charge on any atom is -0.468 e. The molecule has 4 aromatic rings. The molecule has 0 bridgehead atoms. The highest BCUT2D eigenvalue weighted by atomic mass is 35.5. The molecular weight excluding hydrogens is 518 g/mol. The van der Waals surface area contributed by atoms with E-state index in [-0.39, 0.29) is 17.1 Å². The van der Waals surface area contributed by atoms with Gasteiger partial charge in [0.15, 0.2) is 5.82 Å². The van der Waals surface area contributed by atoms with Gasteiger partial charge in [0.2, 0.25) is 10.0 Å². The molecule has 3 aromatic carbocycles. The number of esters is 1. The summed E-state index contributed by atoms with van der Waals surface area (Å²) in [6.07, 6.45) is 0.202. The van der Waals surface area contributed by atoms with Crippen molar-refractivity contribution >= 4 is 27.6 Å². The number of nitrogens with zero attached hydrogens (tertiary/aromatic N) is 2. The number of nitrogens with one attached hydrogen (secondary N) is 1. The van der Waals surface area contributed by atoms with E-state index in [0.717, 1.165) is 21.0 Å². The van der Waals surface area contributed by atoms with Crippen LogP contribution in [0.5, 0.6) is 0 Å². The molecule has 1 aliphatic carbocycles. The highest BCUT2D eigenvalue weighted by molar-refractivity contribution is 7.89. The van der Waals surface area contributed by atoms with E-state index in [4.69, 9.17) is 16.3 Å². The van der Waals surface area contributed by atoms with E-state index >= 15 is 0 Å². The maximum Gasteiger partial charge on any atom is 0.438 e. The summed E-state index contributed by atoms with van der Waals surface area (Å²) in [6, 6.07) is 22.6. The van der Waals surface area contributed by atoms with Gasteiger partial charge in [-0.3, -0.25) is 9.51 Å². The van der Waals surface area contributed by atoms with Crippen molar-refractivity contribution < 1.29 is 22.5 Å².